The summed E-state index contributed by atoms with van der Waals surface area (Å²) in [4.78, 5) is 30.4. The molecule has 0 unspecified atom stereocenters. The molecule has 0 fully saturated rings. The highest BCUT2D eigenvalue weighted by atomic mass is 32.1. The van der Waals surface area contributed by atoms with E-state index in [2.05, 4.69) is 10.3 Å². The first-order valence-corrected chi connectivity index (χ1v) is 9.36. The Morgan fingerprint density at radius 2 is 1.63 bits per heavy atom. The van der Waals surface area contributed by atoms with E-state index in [1.54, 1.807) is 17.2 Å². The number of thiazole rings is 1. The zero-order valence-corrected chi connectivity index (χ0v) is 15.6. The van der Waals surface area contributed by atoms with Gasteiger partial charge in [-0.2, -0.15) is 0 Å². The van der Waals surface area contributed by atoms with Crippen LogP contribution in [0.1, 0.15) is 12.6 Å². The Hall–Kier alpha value is -3.19. The number of carbonyl (C=O) groups is 2. The molecule has 6 nitrogen and oxygen atoms in total. The van der Waals surface area contributed by atoms with E-state index in [-0.39, 0.29) is 18.4 Å². The van der Waals surface area contributed by atoms with Gasteiger partial charge in [0.05, 0.1) is 30.1 Å². The quantitative estimate of drug-likeness (QED) is 0.633. The smallest absolute Gasteiger partial charge is 0.332 e. The number of esters is 1. The van der Waals surface area contributed by atoms with Crippen molar-refractivity contribution in [1.29, 1.82) is 0 Å². The van der Waals surface area contributed by atoms with Crippen molar-refractivity contribution >= 4 is 39.8 Å². The zero-order valence-electron chi connectivity index (χ0n) is 14.8. The van der Waals surface area contributed by atoms with E-state index in [1.165, 1.54) is 11.3 Å². The number of urea groups is 1. The Balaban J connectivity index is 1.78. The normalized spacial score (nSPS) is 10.3. The molecule has 7 heteroatoms. The molecule has 0 aliphatic carbocycles. The SMILES string of the molecule is CCOC(=O)Cc1csc(NC(=O)N(c2ccccc2)c2ccccc2)n1. The number of ether oxygens (including phenoxy) is 1. The van der Waals surface area contributed by atoms with Crippen molar-refractivity contribution in [3.05, 3.63) is 71.7 Å². The number of aromatic nitrogens is 1. The summed E-state index contributed by atoms with van der Waals surface area (Å²) in [6, 6.07) is 18.4. The molecular weight excluding hydrogens is 362 g/mol. The summed E-state index contributed by atoms with van der Waals surface area (Å²) < 4.78 is 4.92. The summed E-state index contributed by atoms with van der Waals surface area (Å²) in [5, 5.41) is 4.97. The summed E-state index contributed by atoms with van der Waals surface area (Å²) in [5.74, 6) is -0.337. The van der Waals surface area contributed by atoms with E-state index in [9.17, 15) is 9.59 Å². The molecule has 0 spiro atoms. The van der Waals surface area contributed by atoms with Gasteiger partial charge in [-0.15, -0.1) is 11.3 Å². The first kappa shape index (κ1) is 18.6. The Morgan fingerprint density at radius 1 is 1.04 bits per heavy atom. The molecule has 0 saturated heterocycles. The fraction of sp³-hybridized carbons (Fsp3) is 0.150. The van der Waals surface area contributed by atoms with Gasteiger partial charge in [-0.05, 0) is 31.2 Å². The average molecular weight is 381 g/mol. The minimum Gasteiger partial charge on any atom is -0.466 e. The molecule has 1 aromatic heterocycles. The number of anilines is 3. The third-order valence-electron chi connectivity index (χ3n) is 3.63. The number of nitrogens with zero attached hydrogens (tertiary/aromatic N) is 2. The number of hydrogen-bond acceptors (Lipinski definition) is 5. The number of nitrogens with one attached hydrogen (secondary N) is 1. The van der Waals surface area contributed by atoms with Crippen LogP contribution in [0.25, 0.3) is 0 Å². The highest BCUT2D eigenvalue weighted by Crippen LogP contribution is 2.26. The van der Waals surface area contributed by atoms with Gasteiger partial charge in [0.15, 0.2) is 5.13 Å². The average Bonchev–Trinajstić information content (AvgIpc) is 3.10. The molecule has 0 saturated carbocycles. The minimum absolute atomic E-state index is 0.0846. The Bertz CT molecular complexity index is 858. The summed E-state index contributed by atoms with van der Waals surface area (Å²) in [7, 11) is 0. The second kappa shape index (κ2) is 8.95. The topological polar surface area (TPSA) is 71.5 Å². The lowest BCUT2D eigenvalue weighted by molar-refractivity contribution is -0.142. The van der Waals surface area contributed by atoms with Gasteiger partial charge >= 0.3 is 12.0 Å². The van der Waals surface area contributed by atoms with Crippen LogP contribution in [-0.4, -0.2) is 23.6 Å². The van der Waals surface area contributed by atoms with Gasteiger partial charge in [0.25, 0.3) is 0 Å². The lowest BCUT2D eigenvalue weighted by Gasteiger charge is -2.22. The molecule has 3 rings (SSSR count). The Labute approximate surface area is 161 Å². The maximum Gasteiger partial charge on any atom is 0.332 e. The van der Waals surface area contributed by atoms with Crippen molar-refractivity contribution in [3.63, 3.8) is 0 Å². The van der Waals surface area contributed by atoms with E-state index >= 15 is 0 Å². The molecule has 0 aliphatic rings. The van der Waals surface area contributed by atoms with E-state index in [0.29, 0.717) is 17.4 Å². The van der Waals surface area contributed by atoms with Crippen molar-refractivity contribution in [2.45, 2.75) is 13.3 Å². The van der Waals surface area contributed by atoms with Gasteiger partial charge in [0, 0.05) is 5.38 Å². The van der Waals surface area contributed by atoms with Crippen LogP contribution >= 0.6 is 11.3 Å². The van der Waals surface area contributed by atoms with E-state index in [4.69, 9.17) is 4.74 Å². The van der Waals surface area contributed by atoms with Gasteiger partial charge in [0.2, 0.25) is 0 Å². The van der Waals surface area contributed by atoms with Crippen molar-refractivity contribution < 1.29 is 14.3 Å². The number of rotatable bonds is 6. The van der Waals surface area contributed by atoms with Crippen LogP contribution in [0, 0.1) is 0 Å². The minimum atomic E-state index is -0.337. The second-order valence-corrected chi connectivity index (χ2v) is 6.42. The molecule has 1 heterocycles. The summed E-state index contributed by atoms with van der Waals surface area (Å²) in [5.41, 5.74) is 2.05. The summed E-state index contributed by atoms with van der Waals surface area (Å²) >= 11 is 1.27. The van der Waals surface area contributed by atoms with Crippen LogP contribution in [0.4, 0.5) is 21.3 Å². The third kappa shape index (κ3) is 4.92. The first-order valence-electron chi connectivity index (χ1n) is 8.48. The lowest BCUT2D eigenvalue weighted by atomic mass is 10.2. The summed E-state index contributed by atoms with van der Waals surface area (Å²) in [6.45, 7) is 2.09. The Morgan fingerprint density at radius 3 is 2.19 bits per heavy atom. The fourth-order valence-corrected chi connectivity index (χ4v) is 3.19. The molecule has 2 aromatic carbocycles. The van der Waals surface area contributed by atoms with E-state index in [1.807, 2.05) is 60.7 Å². The second-order valence-electron chi connectivity index (χ2n) is 5.56. The van der Waals surface area contributed by atoms with E-state index < -0.39 is 0 Å². The highest BCUT2D eigenvalue weighted by molar-refractivity contribution is 7.14. The number of para-hydroxylation sites is 2. The van der Waals surface area contributed by atoms with Crippen LogP contribution in [-0.2, 0) is 16.0 Å². The number of amides is 2. The number of benzene rings is 2. The molecular formula is C20H19N3O3S. The van der Waals surface area contributed by atoms with E-state index in [0.717, 1.165) is 11.4 Å². The maximum atomic E-state index is 12.9. The van der Waals surface area contributed by atoms with Crippen LogP contribution in [0.15, 0.2) is 66.0 Å². The maximum absolute atomic E-state index is 12.9. The first-order chi connectivity index (χ1) is 13.2. The van der Waals surface area contributed by atoms with Gasteiger partial charge in [0.1, 0.15) is 0 Å². The predicted octanol–water partition coefficient (Wildman–Crippen LogP) is 4.62. The van der Waals surface area contributed by atoms with Crippen molar-refractivity contribution in [2.75, 3.05) is 16.8 Å². The molecule has 0 atom stereocenters. The molecule has 27 heavy (non-hydrogen) atoms. The molecule has 2 amide bonds. The molecule has 3 aromatic rings. The summed E-state index contributed by atoms with van der Waals surface area (Å²) in [6.07, 6.45) is 0.0846. The van der Waals surface area contributed by atoms with Gasteiger partial charge in [-0.25, -0.2) is 9.78 Å². The van der Waals surface area contributed by atoms with Crippen molar-refractivity contribution in [3.8, 4) is 0 Å². The molecule has 0 bridgehead atoms. The largest absolute Gasteiger partial charge is 0.466 e. The molecule has 0 aliphatic heterocycles. The number of carbonyl (C=O) groups excluding carboxylic acids is 2. The van der Waals surface area contributed by atoms with Gasteiger partial charge < -0.3 is 4.74 Å². The third-order valence-corrected chi connectivity index (χ3v) is 4.43. The number of hydrogen-bond donors (Lipinski definition) is 1. The standard InChI is InChI=1S/C20H19N3O3S/c1-2-26-18(24)13-15-14-27-19(21-15)22-20(25)23(16-9-5-3-6-10-16)17-11-7-4-8-12-17/h3-12,14H,2,13H2,1H3,(H,21,22,25). The van der Waals surface area contributed by atoms with Crippen LogP contribution < -0.4 is 10.2 Å². The zero-order chi connectivity index (χ0) is 19.1. The molecule has 138 valence electrons. The lowest BCUT2D eigenvalue weighted by Crippen LogP contribution is -2.30. The molecule has 0 radical (unpaired) electrons. The predicted molar refractivity (Wildman–Crippen MR) is 106 cm³/mol. The van der Waals surface area contributed by atoms with Crippen LogP contribution in [0.3, 0.4) is 0 Å². The Kier molecular flexibility index (Phi) is 6.17. The van der Waals surface area contributed by atoms with Crippen LogP contribution in [0.2, 0.25) is 0 Å². The van der Waals surface area contributed by atoms with Crippen molar-refractivity contribution in [2.24, 2.45) is 0 Å². The van der Waals surface area contributed by atoms with Gasteiger partial charge in [-0.3, -0.25) is 15.0 Å². The van der Waals surface area contributed by atoms with Gasteiger partial charge in [-0.1, -0.05) is 36.4 Å². The fourth-order valence-electron chi connectivity index (χ4n) is 2.49. The highest BCUT2D eigenvalue weighted by Gasteiger charge is 2.19. The van der Waals surface area contributed by atoms with Crippen molar-refractivity contribution in [1.82, 2.24) is 4.98 Å². The van der Waals surface area contributed by atoms with Crippen LogP contribution in [0.5, 0.6) is 0 Å². The monoisotopic (exact) mass is 381 g/mol. The molecule has 1 N–H and O–H groups in total.